The lowest BCUT2D eigenvalue weighted by Crippen LogP contribution is -2.44. The van der Waals surface area contributed by atoms with Crippen LogP contribution in [-0.4, -0.2) is 37.7 Å². The van der Waals surface area contributed by atoms with Crippen molar-refractivity contribution in [2.24, 2.45) is 0 Å². The normalized spacial score (nSPS) is 21.1. The summed E-state index contributed by atoms with van der Waals surface area (Å²) in [5.74, 6) is -0.737. The van der Waals surface area contributed by atoms with Crippen LogP contribution in [0, 0.1) is 0 Å². The first-order chi connectivity index (χ1) is 9.50. The van der Waals surface area contributed by atoms with Crippen LogP contribution in [0.3, 0.4) is 0 Å². The van der Waals surface area contributed by atoms with Gasteiger partial charge in [0.1, 0.15) is 5.25 Å². The van der Waals surface area contributed by atoms with Crippen LogP contribution in [0.25, 0.3) is 0 Å². The summed E-state index contributed by atoms with van der Waals surface area (Å²) in [6.45, 7) is -0.172. The van der Waals surface area contributed by atoms with Crippen molar-refractivity contribution in [2.45, 2.75) is 24.5 Å². The zero-order valence-corrected chi connectivity index (χ0v) is 11.9. The van der Waals surface area contributed by atoms with Gasteiger partial charge in [0.15, 0.2) is 15.6 Å². The minimum atomic E-state index is -3.36. The van der Waals surface area contributed by atoms with Crippen molar-refractivity contribution in [2.75, 3.05) is 12.3 Å². The van der Waals surface area contributed by atoms with Gasteiger partial charge >= 0.3 is 0 Å². The van der Waals surface area contributed by atoms with Gasteiger partial charge in [-0.15, -0.1) is 0 Å². The molecule has 1 aromatic carbocycles. The summed E-state index contributed by atoms with van der Waals surface area (Å²) >= 11 is 0. The monoisotopic (exact) mass is 295 g/mol. The van der Waals surface area contributed by atoms with Gasteiger partial charge < -0.3 is 5.32 Å². The predicted molar refractivity (Wildman–Crippen MR) is 75.2 cm³/mol. The molecule has 0 bridgehead atoms. The summed E-state index contributed by atoms with van der Waals surface area (Å²) in [5, 5.41) is 1.44. The Kier molecular flexibility index (Phi) is 4.54. The molecule has 2 rings (SSSR count). The lowest BCUT2D eigenvalue weighted by atomic mass is 10.1. The second kappa shape index (κ2) is 6.17. The number of amides is 1. The minimum Gasteiger partial charge on any atom is -0.348 e. The molecule has 0 saturated carbocycles. The molecule has 1 heterocycles. The first kappa shape index (κ1) is 14.7. The van der Waals surface area contributed by atoms with Crippen LogP contribution in [0.5, 0.6) is 0 Å². The molecule has 1 N–H and O–H groups in total. The quantitative estimate of drug-likeness (QED) is 0.839. The molecule has 1 saturated heterocycles. The number of hydrogen-bond acceptors (Lipinski definition) is 4. The van der Waals surface area contributed by atoms with Gasteiger partial charge in [-0.05, 0) is 12.8 Å². The SMILES string of the molecule is O=C(CNC(=O)C1CCCCS1(=O)=O)c1ccccc1. The van der Waals surface area contributed by atoms with Crippen molar-refractivity contribution >= 4 is 21.5 Å². The topological polar surface area (TPSA) is 80.3 Å². The summed E-state index contributed by atoms with van der Waals surface area (Å²) in [7, 11) is -3.36. The van der Waals surface area contributed by atoms with E-state index in [2.05, 4.69) is 5.32 Å². The van der Waals surface area contributed by atoms with Crippen LogP contribution in [-0.2, 0) is 14.6 Å². The number of sulfone groups is 1. The molecular formula is C14H17NO4S. The van der Waals surface area contributed by atoms with Crippen LogP contribution in [0.2, 0.25) is 0 Å². The van der Waals surface area contributed by atoms with E-state index < -0.39 is 21.0 Å². The zero-order chi connectivity index (χ0) is 14.6. The Morgan fingerprint density at radius 3 is 2.50 bits per heavy atom. The van der Waals surface area contributed by atoms with E-state index in [0.29, 0.717) is 18.4 Å². The fourth-order valence-electron chi connectivity index (χ4n) is 2.26. The Morgan fingerprint density at radius 1 is 1.15 bits per heavy atom. The van der Waals surface area contributed by atoms with Crippen LogP contribution in [0.4, 0.5) is 0 Å². The largest absolute Gasteiger partial charge is 0.348 e. The Labute approximate surface area is 118 Å². The highest BCUT2D eigenvalue weighted by atomic mass is 32.2. The molecule has 1 aliphatic heterocycles. The van der Waals surface area contributed by atoms with Gasteiger partial charge in [-0.2, -0.15) is 0 Å². The highest BCUT2D eigenvalue weighted by Crippen LogP contribution is 2.19. The van der Waals surface area contributed by atoms with Crippen LogP contribution >= 0.6 is 0 Å². The number of Topliss-reactive ketones (excluding diaryl/α,β-unsaturated/α-hetero) is 1. The minimum absolute atomic E-state index is 0.0533. The van der Waals surface area contributed by atoms with E-state index in [1.165, 1.54) is 0 Å². The van der Waals surface area contributed by atoms with Crippen molar-refractivity contribution in [1.29, 1.82) is 0 Å². The summed E-state index contributed by atoms with van der Waals surface area (Å²) < 4.78 is 23.6. The summed E-state index contributed by atoms with van der Waals surface area (Å²) in [6.07, 6.45) is 1.67. The first-order valence-corrected chi connectivity index (χ1v) is 8.30. The molecular weight excluding hydrogens is 278 g/mol. The number of benzene rings is 1. The van der Waals surface area contributed by atoms with E-state index in [1.807, 2.05) is 0 Å². The van der Waals surface area contributed by atoms with Gasteiger partial charge in [0.25, 0.3) is 0 Å². The molecule has 0 radical (unpaired) electrons. The highest BCUT2D eigenvalue weighted by molar-refractivity contribution is 7.92. The van der Waals surface area contributed by atoms with E-state index in [0.717, 1.165) is 6.42 Å². The first-order valence-electron chi connectivity index (χ1n) is 6.58. The molecule has 1 aromatic rings. The molecule has 5 nitrogen and oxygen atoms in total. The maximum atomic E-state index is 11.9. The number of rotatable bonds is 4. The number of nitrogens with one attached hydrogen (secondary N) is 1. The molecule has 1 fully saturated rings. The fourth-order valence-corrected chi connectivity index (χ4v) is 4.08. The third kappa shape index (κ3) is 3.45. The number of ketones is 1. The van der Waals surface area contributed by atoms with Crippen molar-refractivity contribution in [3.8, 4) is 0 Å². The molecule has 1 unspecified atom stereocenters. The summed E-state index contributed by atoms with van der Waals surface area (Å²) in [6, 6.07) is 8.59. The van der Waals surface area contributed by atoms with Crippen molar-refractivity contribution in [3.63, 3.8) is 0 Å². The average molecular weight is 295 g/mol. The van der Waals surface area contributed by atoms with Crippen molar-refractivity contribution in [1.82, 2.24) is 5.32 Å². The third-order valence-electron chi connectivity index (χ3n) is 3.39. The molecule has 0 spiro atoms. The molecule has 108 valence electrons. The Morgan fingerprint density at radius 2 is 1.85 bits per heavy atom. The Balaban J connectivity index is 1.94. The highest BCUT2D eigenvalue weighted by Gasteiger charge is 2.34. The van der Waals surface area contributed by atoms with Crippen molar-refractivity contribution < 1.29 is 18.0 Å². The number of hydrogen-bond donors (Lipinski definition) is 1. The summed E-state index contributed by atoms with van der Waals surface area (Å²) in [5.41, 5.74) is 0.499. The van der Waals surface area contributed by atoms with E-state index >= 15 is 0 Å². The molecule has 1 amide bonds. The Bertz CT molecular complexity index is 595. The van der Waals surface area contributed by atoms with E-state index in [4.69, 9.17) is 0 Å². The van der Waals surface area contributed by atoms with E-state index in [-0.39, 0.29) is 18.1 Å². The maximum absolute atomic E-state index is 11.9. The third-order valence-corrected chi connectivity index (χ3v) is 5.56. The average Bonchev–Trinajstić information content (AvgIpc) is 2.45. The predicted octanol–water partition coefficient (Wildman–Crippen LogP) is 0.953. The van der Waals surface area contributed by atoms with E-state index in [1.54, 1.807) is 30.3 Å². The fraction of sp³-hybridized carbons (Fsp3) is 0.429. The molecule has 0 aliphatic carbocycles. The van der Waals surface area contributed by atoms with Gasteiger partial charge in [0, 0.05) is 5.56 Å². The van der Waals surface area contributed by atoms with Crippen LogP contribution in [0.1, 0.15) is 29.6 Å². The number of carbonyl (C=O) groups is 2. The summed E-state index contributed by atoms with van der Waals surface area (Å²) in [4.78, 5) is 23.7. The Hall–Kier alpha value is -1.69. The second-order valence-electron chi connectivity index (χ2n) is 4.86. The van der Waals surface area contributed by atoms with E-state index in [9.17, 15) is 18.0 Å². The van der Waals surface area contributed by atoms with Crippen LogP contribution < -0.4 is 5.32 Å². The molecule has 20 heavy (non-hydrogen) atoms. The molecule has 0 aromatic heterocycles. The zero-order valence-electron chi connectivity index (χ0n) is 11.0. The molecule has 1 atom stereocenters. The van der Waals surface area contributed by atoms with Crippen LogP contribution in [0.15, 0.2) is 30.3 Å². The molecule has 6 heteroatoms. The van der Waals surface area contributed by atoms with Gasteiger partial charge in [-0.1, -0.05) is 36.8 Å². The van der Waals surface area contributed by atoms with Gasteiger partial charge in [0.2, 0.25) is 5.91 Å². The van der Waals surface area contributed by atoms with Gasteiger partial charge in [0.05, 0.1) is 12.3 Å². The number of carbonyl (C=O) groups excluding carboxylic acids is 2. The standard InChI is InChI=1S/C14H17NO4S/c16-12(11-6-2-1-3-7-11)10-15-14(17)13-8-4-5-9-20(13,18)19/h1-3,6-7,13H,4-5,8-10H2,(H,15,17). The second-order valence-corrected chi connectivity index (χ2v) is 7.16. The lowest BCUT2D eigenvalue weighted by Gasteiger charge is -2.21. The van der Waals surface area contributed by atoms with Gasteiger partial charge in [-0.3, -0.25) is 9.59 Å². The molecule has 1 aliphatic rings. The maximum Gasteiger partial charge on any atom is 0.238 e. The smallest absolute Gasteiger partial charge is 0.238 e. The van der Waals surface area contributed by atoms with Gasteiger partial charge in [-0.25, -0.2) is 8.42 Å². The van der Waals surface area contributed by atoms with Crippen molar-refractivity contribution in [3.05, 3.63) is 35.9 Å². The lowest BCUT2D eigenvalue weighted by molar-refractivity contribution is -0.120.